The first-order chi connectivity index (χ1) is 16.6. The lowest BCUT2D eigenvalue weighted by Crippen LogP contribution is -2.56. The highest BCUT2D eigenvalue weighted by Crippen LogP contribution is 2.56. The van der Waals surface area contributed by atoms with Crippen LogP contribution in [0, 0.1) is 22.7 Å². The Balaban J connectivity index is 1.86. The third-order valence-electron chi connectivity index (χ3n) is 10.6. The number of ether oxygens (including phenoxy) is 1. The summed E-state index contributed by atoms with van der Waals surface area (Å²) in [6, 6.07) is 0. The molecule has 2 fully saturated rings. The Morgan fingerprint density at radius 1 is 1.08 bits per heavy atom. The van der Waals surface area contributed by atoms with Crippen molar-refractivity contribution in [2.75, 3.05) is 0 Å². The van der Waals surface area contributed by atoms with Crippen LogP contribution in [0.4, 0.5) is 0 Å². The van der Waals surface area contributed by atoms with Crippen LogP contribution in [0.3, 0.4) is 0 Å². The summed E-state index contributed by atoms with van der Waals surface area (Å²) in [4.78, 5) is 4.38. The van der Waals surface area contributed by atoms with E-state index in [9.17, 15) is 15.3 Å². The Labute approximate surface area is 218 Å². The van der Waals surface area contributed by atoms with E-state index in [4.69, 9.17) is 9.99 Å². The van der Waals surface area contributed by atoms with Crippen LogP contribution in [0.1, 0.15) is 113 Å². The van der Waals surface area contributed by atoms with Crippen molar-refractivity contribution in [1.29, 1.82) is 0 Å². The van der Waals surface area contributed by atoms with Gasteiger partial charge in [0.1, 0.15) is 5.76 Å². The average Bonchev–Trinajstić information content (AvgIpc) is 2.89. The van der Waals surface area contributed by atoms with Crippen LogP contribution in [-0.4, -0.2) is 50.1 Å². The summed E-state index contributed by atoms with van der Waals surface area (Å²) in [5.74, 6) is 0.357. The van der Waals surface area contributed by atoms with Crippen molar-refractivity contribution in [2.45, 2.75) is 142 Å². The van der Waals surface area contributed by atoms with Crippen molar-refractivity contribution >= 4 is 0 Å². The molecule has 1 heterocycles. The fraction of sp³-hybridized carbons (Fsp3) is 0.867. The lowest BCUT2D eigenvalue weighted by Gasteiger charge is -2.54. The van der Waals surface area contributed by atoms with Gasteiger partial charge in [0.05, 0.1) is 29.5 Å². The summed E-state index contributed by atoms with van der Waals surface area (Å²) < 4.78 is 6.56. The maximum Gasteiger partial charge on any atom is 0.137 e. The molecule has 1 saturated carbocycles. The summed E-state index contributed by atoms with van der Waals surface area (Å²) in [5, 5.41) is 42.6. The van der Waals surface area contributed by atoms with Crippen molar-refractivity contribution in [3.05, 3.63) is 23.5 Å². The molecule has 3 rings (SSSR count). The van der Waals surface area contributed by atoms with Gasteiger partial charge in [-0.25, -0.2) is 5.26 Å². The monoisotopic (exact) mass is 508 g/mol. The van der Waals surface area contributed by atoms with Crippen molar-refractivity contribution in [2.24, 2.45) is 22.7 Å². The summed E-state index contributed by atoms with van der Waals surface area (Å²) in [5.41, 5.74) is 0.640. The number of rotatable bonds is 8. The summed E-state index contributed by atoms with van der Waals surface area (Å²) in [6.07, 6.45) is 6.81. The topological polar surface area (TPSA) is 99.4 Å². The van der Waals surface area contributed by atoms with Crippen molar-refractivity contribution in [3.8, 4) is 0 Å². The maximum atomic E-state index is 11.6. The molecule has 36 heavy (non-hydrogen) atoms. The second-order valence-electron chi connectivity index (χ2n) is 13.5. The molecule has 0 spiro atoms. The summed E-state index contributed by atoms with van der Waals surface area (Å²) >= 11 is 0. The third-order valence-corrected chi connectivity index (χ3v) is 10.6. The Bertz CT molecular complexity index is 831. The lowest BCUT2D eigenvalue weighted by atomic mass is 9.55. The van der Waals surface area contributed by atoms with Gasteiger partial charge < -0.3 is 24.9 Å². The van der Waals surface area contributed by atoms with Crippen LogP contribution in [0.15, 0.2) is 23.5 Å². The van der Waals surface area contributed by atoms with Crippen molar-refractivity contribution < 1.29 is 30.2 Å². The van der Waals surface area contributed by atoms with E-state index in [1.807, 2.05) is 27.7 Å². The van der Waals surface area contributed by atoms with Gasteiger partial charge in [0.25, 0.3) is 0 Å². The van der Waals surface area contributed by atoms with Crippen LogP contribution in [0.25, 0.3) is 0 Å². The van der Waals surface area contributed by atoms with Gasteiger partial charge in [0, 0.05) is 11.3 Å². The largest absolute Gasteiger partial charge is 0.392 e. The summed E-state index contributed by atoms with van der Waals surface area (Å²) in [7, 11) is 0. The van der Waals surface area contributed by atoms with E-state index in [-0.39, 0.29) is 28.8 Å². The van der Waals surface area contributed by atoms with Crippen LogP contribution in [-0.2, 0) is 9.62 Å². The number of aliphatic hydroxyl groups excluding tert-OH is 2. The zero-order valence-electron chi connectivity index (χ0n) is 23.8. The summed E-state index contributed by atoms with van der Waals surface area (Å²) in [6.45, 7) is 18.3. The minimum absolute atomic E-state index is 0.00127. The average molecular weight is 509 g/mol. The molecule has 0 bridgehead atoms. The first-order valence-corrected chi connectivity index (χ1v) is 14.0. The van der Waals surface area contributed by atoms with Crippen LogP contribution in [0.5, 0.6) is 0 Å². The second-order valence-corrected chi connectivity index (χ2v) is 13.5. The number of hydrogen-bond acceptors (Lipinski definition) is 6. The van der Waals surface area contributed by atoms with E-state index >= 15 is 0 Å². The van der Waals surface area contributed by atoms with E-state index in [1.54, 1.807) is 0 Å². The number of fused-ring (bicyclic) bond motifs is 1. The Morgan fingerprint density at radius 2 is 1.75 bits per heavy atom. The molecule has 208 valence electrons. The molecule has 4 N–H and O–H groups in total. The van der Waals surface area contributed by atoms with Gasteiger partial charge >= 0.3 is 0 Å². The van der Waals surface area contributed by atoms with E-state index in [1.165, 1.54) is 11.1 Å². The molecule has 1 saturated heterocycles. The lowest BCUT2D eigenvalue weighted by molar-refractivity contribution is -0.210. The Morgan fingerprint density at radius 3 is 2.39 bits per heavy atom. The molecule has 6 nitrogen and oxygen atoms in total. The quantitative estimate of drug-likeness (QED) is 0.136. The zero-order chi connectivity index (χ0) is 27.1. The van der Waals surface area contributed by atoms with Gasteiger partial charge in [-0.1, -0.05) is 38.5 Å². The van der Waals surface area contributed by atoms with Gasteiger partial charge in [-0.05, 0) is 103 Å². The third kappa shape index (κ3) is 5.58. The normalized spacial score (nSPS) is 41.9. The fourth-order valence-electron chi connectivity index (χ4n) is 7.66. The first kappa shape index (κ1) is 29.6. The molecule has 0 amide bonds. The molecule has 8 atom stereocenters. The molecule has 6 heteroatoms. The number of hydrogen-bond donors (Lipinski definition) is 4. The Hall–Kier alpha value is -0.920. The van der Waals surface area contributed by atoms with E-state index in [0.29, 0.717) is 18.6 Å². The molecule has 1 aliphatic heterocycles. The molecule has 2 aliphatic carbocycles. The minimum atomic E-state index is -0.809. The van der Waals surface area contributed by atoms with Crippen LogP contribution < -0.4 is 0 Å². The zero-order valence-corrected chi connectivity index (χ0v) is 23.8. The molecule has 1 unspecified atom stereocenters. The van der Waals surface area contributed by atoms with Gasteiger partial charge in [0.15, 0.2) is 0 Å². The highest BCUT2D eigenvalue weighted by atomic mass is 17.1. The van der Waals surface area contributed by atoms with Crippen LogP contribution in [0.2, 0.25) is 0 Å². The van der Waals surface area contributed by atoms with Gasteiger partial charge in [-0.15, -0.1) is 0 Å². The Kier molecular flexibility index (Phi) is 8.79. The molecule has 0 radical (unpaired) electrons. The molecule has 0 aromatic carbocycles. The minimum Gasteiger partial charge on any atom is -0.392 e. The molecule has 0 aromatic rings. The second kappa shape index (κ2) is 10.7. The first-order valence-electron chi connectivity index (χ1n) is 14.0. The molecule has 0 aromatic heterocycles. The highest BCUT2D eigenvalue weighted by molar-refractivity contribution is 5.26. The number of aliphatic hydroxyl groups is 3. The predicted octanol–water partition coefficient (Wildman–Crippen LogP) is 6.15. The fourth-order valence-corrected chi connectivity index (χ4v) is 7.66. The predicted molar refractivity (Wildman–Crippen MR) is 142 cm³/mol. The van der Waals surface area contributed by atoms with Gasteiger partial charge in [-0.2, -0.15) is 0 Å². The van der Waals surface area contributed by atoms with E-state index in [2.05, 4.69) is 32.2 Å². The SMILES string of the molecule is C=C(OO)C(C)CC[C@@]1(C)C(CC[C@H]2[C@]3(C)CC[C@H](O)C(C)(C)O[C@H]3CC[C@@]2(C)O)=C(C)CC[C@H]1O. The van der Waals surface area contributed by atoms with Gasteiger partial charge in [-0.3, -0.25) is 0 Å². The standard InChI is InChI=1S/C30H52O6/c1-19(21(3)36-34)13-16-28(6)22(20(2)9-12-25(28)32)10-11-23-29(7)17-14-24(31)27(4,5)35-26(29)15-18-30(23,8)33/h19,23-26,31-34H,3,9-18H2,1-2,4-8H3/t19?,23-,24-,25+,26-,28-,29-,30+/m0/s1. The van der Waals surface area contributed by atoms with Crippen molar-refractivity contribution in [1.82, 2.24) is 0 Å². The van der Waals surface area contributed by atoms with E-state index in [0.717, 1.165) is 51.4 Å². The van der Waals surface area contributed by atoms with Gasteiger partial charge in [0.2, 0.25) is 0 Å². The maximum absolute atomic E-state index is 11.6. The molecular formula is C30H52O6. The molecular weight excluding hydrogens is 456 g/mol. The molecule has 3 aliphatic rings. The smallest absolute Gasteiger partial charge is 0.137 e. The van der Waals surface area contributed by atoms with Crippen molar-refractivity contribution in [3.63, 3.8) is 0 Å². The number of allylic oxidation sites excluding steroid dienone is 2. The highest BCUT2D eigenvalue weighted by Gasteiger charge is 2.56. The van der Waals surface area contributed by atoms with Crippen LogP contribution >= 0.6 is 0 Å². The van der Waals surface area contributed by atoms with E-state index < -0.39 is 23.4 Å².